The molecule has 0 aliphatic carbocycles. The number of ether oxygens (including phenoxy) is 1. The van der Waals surface area contributed by atoms with Crippen LogP contribution in [0.25, 0.3) is 6.08 Å². The van der Waals surface area contributed by atoms with Crippen molar-refractivity contribution < 1.29 is 14.3 Å². The quantitative estimate of drug-likeness (QED) is 0.628. The minimum absolute atomic E-state index is 0.152. The van der Waals surface area contributed by atoms with Crippen molar-refractivity contribution in [1.82, 2.24) is 0 Å². The van der Waals surface area contributed by atoms with E-state index in [0.29, 0.717) is 13.1 Å². The van der Waals surface area contributed by atoms with Crippen LogP contribution < -0.4 is 10.6 Å². The van der Waals surface area contributed by atoms with E-state index in [9.17, 15) is 9.59 Å². The van der Waals surface area contributed by atoms with Crippen LogP contribution in [0.5, 0.6) is 0 Å². The number of amides is 1. The minimum Gasteiger partial charge on any atom is -0.468 e. The van der Waals surface area contributed by atoms with E-state index in [-0.39, 0.29) is 5.91 Å². The van der Waals surface area contributed by atoms with E-state index in [4.69, 9.17) is 0 Å². The highest BCUT2D eigenvalue weighted by Gasteiger charge is 1.99. The van der Waals surface area contributed by atoms with Gasteiger partial charge in [0.15, 0.2) is 0 Å². The van der Waals surface area contributed by atoms with Crippen LogP contribution in [0.4, 0.5) is 0 Å². The third-order valence-electron chi connectivity index (χ3n) is 1.68. The first-order valence-electron chi connectivity index (χ1n) is 4.52. The van der Waals surface area contributed by atoms with E-state index in [1.165, 1.54) is 6.08 Å². The number of carbonyl (C=O) groups is 2. The van der Waals surface area contributed by atoms with Gasteiger partial charge >= 0.3 is 0 Å². The van der Waals surface area contributed by atoms with Gasteiger partial charge in [-0.2, -0.15) is 0 Å². The molecule has 0 radical (unpaired) electrons. The molecule has 0 aromatic heterocycles. The van der Waals surface area contributed by atoms with E-state index in [1.807, 2.05) is 24.3 Å². The van der Waals surface area contributed by atoms with Crippen molar-refractivity contribution in [3.8, 4) is 0 Å². The Kier molecular flexibility index (Phi) is 4.22. The van der Waals surface area contributed by atoms with Crippen molar-refractivity contribution in [1.29, 1.82) is 0 Å². The van der Waals surface area contributed by atoms with Gasteiger partial charge in [0, 0.05) is 11.3 Å². The highest BCUT2D eigenvalue weighted by atomic mass is 16.5. The monoisotopic (exact) mass is 205 g/mol. The molecule has 4 heteroatoms. The van der Waals surface area contributed by atoms with Crippen LogP contribution in [0.3, 0.4) is 0 Å². The number of carbonyl (C=O) groups excluding carboxylic acids is 2. The Balaban J connectivity index is 0.000000195. The van der Waals surface area contributed by atoms with Crippen LogP contribution in [0.15, 0.2) is 29.3 Å². The lowest BCUT2D eigenvalue weighted by Gasteiger charge is -1.79. The van der Waals surface area contributed by atoms with Crippen molar-refractivity contribution in [3.05, 3.63) is 34.8 Å². The Hall–Kier alpha value is -1.97. The molecule has 1 amide bonds. The number of para-hydroxylation sites is 1. The molecule has 15 heavy (non-hydrogen) atoms. The number of fused-ring (bicyclic) bond motifs is 1. The maximum absolute atomic E-state index is 10.7. The van der Waals surface area contributed by atoms with Crippen LogP contribution in [0, 0.1) is 0 Å². The molecule has 1 aromatic carbocycles. The second-order valence-corrected chi connectivity index (χ2v) is 2.70. The predicted octanol–water partition coefficient (Wildman–Crippen LogP) is -0.194. The summed E-state index contributed by atoms with van der Waals surface area (Å²) in [6.07, 6.45) is 1.54. The Morgan fingerprint density at radius 2 is 2.13 bits per heavy atom. The van der Waals surface area contributed by atoms with Gasteiger partial charge in [0.05, 0.1) is 12.0 Å². The first-order valence-corrected chi connectivity index (χ1v) is 4.52. The van der Waals surface area contributed by atoms with Crippen molar-refractivity contribution >= 4 is 18.5 Å². The van der Waals surface area contributed by atoms with E-state index < -0.39 is 0 Å². The van der Waals surface area contributed by atoms with Crippen LogP contribution in [-0.2, 0) is 14.3 Å². The third-order valence-corrected chi connectivity index (χ3v) is 1.68. The first-order chi connectivity index (χ1) is 7.27. The summed E-state index contributed by atoms with van der Waals surface area (Å²) >= 11 is 0. The minimum atomic E-state index is -0.152. The second kappa shape index (κ2) is 5.70. The molecule has 1 aliphatic heterocycles. The fourth-order valence-electron chi connectivity index (χ4n) is 1.06. The Labute approximate surface area is 86.9 Å². The second-order valence-electron chi connectivity index (χ2n) is 2.70. The molecule has 1 aromatic rings. The van der Waals surface area contributed by atoms with Gasteiger partial charge in [0.1, 0.15) is 0 Å². The van der Waals surface area contributed by atoms with E-state index >= 15 is 0 Å². The lowest BCUT2D eigenvalue weighted by atomic mass is 10.3. The standard InChI is InChI=1S/C8H5NO.C3H6O2/c10-8-5-6-3-1-2-4-7(6)9-8;1-2-5-3-4/h1-5H;3H,2H2,1H3. The largest absolute Gasteiger partial charge is 0.468 e. The topological polar surface area (TPSA) is 55.7 Å². The molecule has 0 saturated heterocycles. The molecule has 0 unspecified atom stereocenters. The number of hydrogen-bond donors (Lipinski definition) is 0. The van der Waals surface area contributed by atoms with Gasteiger partial charge in [-0.3, -0.25) is 9.59 Å². The summed E-state index contributed by atoms with van der Waals surface area (Å²) in [6, 6.07) is 7.47. The maximum Gasteiger partial charge on any atom is 0.293 e. The highest BCUT2D eigenvalue weighted by Crippen LogP contribution is 1.81. The molecule has 78 valence electrons. The maximum atomic E-state index is 10.7. The fourth-order valence-corrected chi connectivity index (χ4v) is 1.06. The molecule has 2 rings (SSSR count). The molecule has 0 atom stereocenters. The predicted molar refractivity (Wildman–Crippen MR) is 54.4 cm³/mol. The van der Waals surface area contributed by atoms with Crippen molar-refractivity contribution in [2.45, 2.75) is 6.92 Å². The van der Waals surface area contributed by atoms with E-state index in [1.54, 1.807) is 6.92 Å². The van der Waals surface area contributed by atoms with Gasteiger partial charge in [-0.15, -0.1) is 0 Å². The molecule has 1 aliphatic rings. The fraction of sp³-hybridized carbons (Fsp3) is 0.182. The van der Waals surface area contributed by atoms with E-state index in [0.717, 1.165) is 10.6 Å². The average Bonchev–Trinajstić information content (AvgIpc) is 2.60. The van der Waals surface area contributed by atoms with E-state index in [2.05, 4.69) is 9.73 Å². The zero-order chi connectivity index (χ0) is 11.1. The molecule has 1 heterocycles. The van der Waals surface area contributed by atoms with Gasteiger partial charge in [-0.05, 0) is 13.0 Å². The molecule has 0 fully saturated rings. The van der Waals surface area contributed by atoms with Crippen molar-refractivity contribution in [3.63, 3.8) is 0 Å². The highest BCUT2D eigenvalue weighted by molar-refractivity contribution is 6.06. The third kappa shape index (κ3) is 3.34. The number of nitrogens with zero attached hydrogens (tertiary/aromatic N) is 1. The summed E-state index contributed by atoms with van der Waals surface area (Å²) in [5.41, 5.74) is 0. The SMILES string of the molecule is CCOC=O.O=C1C=c2ccccc2=N1. The molecular weight excluding hydrogens is 194 g/mol. The van der Waals surface area contributed by atoms with Crippen molar-refractivity contribution in [2.75, 3.05) is 6.61 Å². The number of rotatable bonds is 2. The number of benzene rings is 1. The average molecular weight is 205 g/mol. The molecule has 4 nitrogen and oxygen atoms in total. The molecular formula is C11H11NO3. The summed E-state index contributed by atoms with van der Waals surface area (Å²) in [6.45, 7) is 2.66. The summed E-state index contributed by atoms with van der Waals surface area (Å²) in [4.78, 5) is 23.6. The molecule has 0 bridgehead atoms. The van der Waals surface area contributed by atoms with Crippen LogP contribution >= 0.6 is 0 Å². The Morgan fingerprint density at radius 3 is 2.67 bits per heavy atom. The Bertz CT molecular complexity index is 428. The van der Waals surface area contributed by atoms with Gasteiger partial charge in [-0.1, -0.05) is 18.2 Å². The van der Waals surface area contributed by atoms with Crippen LogP contribution in [0.1, 0.15) is 6.92 Å². The summed E-state index contributed by atoms with van der Waals surface area (Å²) < 4.78 is 4.15. The Morgan fingerprint density at radius 1 is 1.40 bits per heavy atom. The lowest BCUT2D eigenvalue weighted by Crippen LogP contribution is -2.19. The van der Waals surface area contributed by atoms with Crippen LogP contribution in [-0.4, -0.2) is 19.0 Å². The summed E-state index contributed by atoms with van der Waals surface area (Å²) in [5, 5.41) is 1.71. The molecule has 0 spiro atoms. The smallest absolute Gasteiger partial charge is 0.293 e. The normalized spacial score (nSPS) is 11.4. The molecule has 0 saturated carbocycles. The molecule has 0 N–H and O–H groups in total. The first kappa shape index (κ1) is 11.1. The van der Waals surface area contributed by atoms with Gasteiger partial charge in [0.2, 0.25) is 0 Å². The van der Waals surface area contributed by atoms with Crippen LogP contribution in [0.2, 0.25) is 0 Å². The summed E-state index contributed by atoms with van der Waals surface area (Å²) in [7, 11) is 0. The van der Waals surface area contributed by atoms with Crippen molar-refractivity contribution in [2.24, 2.45) is 4.99 Å². The van der Waals surface area contributed by atoms with Gasteiger partial charge in [0.25, 0.3) is 12.4 Å². The zero-order valence-electron chi connectivity index (χ0n) is 8.34. The number of hydrogen-bond acceptors (Lipinski definition) is 3. The zero-order valence-corrected chi connectivity index (χ0v) is 8.34. The van der Waals surface area contributed by atoms with Gasteiger partial charge in [-0.25, -0.2) is 4.99 Å². The van der Waals surface area contributed by atoms with Gasteiger partial charge < -0.3 is 4.74 Å². The lowest BCUT2D eigenvalue weighted by molar-refractivity contribution is -0.128. The summed E-state index contributed by atoms with van der Waals surface area (Å²) in [5.74, 6) is -0.152.